The van der Waals surface area contributed by atoms with E-state index in [1.165, 1.54) is 0 Å². The predicted octanol–water partition coefficient (Wildman–Crippen LogP) is 1.57. The number of hydrogen-bond donors (Lipinski definition) is 1. The Morgan fingerprint density at radius 1 is 1.75 bits per heavy atom. The van der Waals surface area contributed by atoms with Crippen molar-refractivity contribution in [3.05, 3.63) is 22.9 Å². The fourth-order valence-electron chi connectivity index (χ4n) is 0.700. The molecule has 3 nitrogen and oxygen atoms in total. The number of aromatic nitrogens is 1. The van der Waals surface area contributed by atoms with Gasteiger partial charge in [0.15, 0.2) is 5.75 Å². The monoisotopic (exact) mass is 230 g/mol. The lowest BCUT2D eigenvalue weighted by molar-refractivity contribution is 0.293. The Hall–Kier alpha value is -0.610. The summed E-state index contributed by atoms with van der Waals surface area (Å²) in [6, 6.07) is 3.71. The van der Waals surface area contributed by atoms with Gasteiger partial charge in [-0.3, -0.25) is 0 Å². The second kappa shape index (κ2) is 4.42. The molecule has 12 heavy (non-hydrogen) atoms. The zero-order chi connectivity index (χ0) is 8.97. The second-order valence-electron chi connectivity index (χ2n) is 2.58. The molecule has 0 saturated heterocycles. The minimum Gasteiger partial charge on any atom is -0.489 e. The molecule has 1 unspecified atom stereocenters. The third kappa shape index (κ3) is 2.79. The molecule has 1 rings (SSSR count). The molecule has 1 heterocycles. The van der Waals surface area contributed by atoms with Gasteiger partial charge in [0.2, 0.25) is 0 Å². The smallest absolute Gasteiger partial charge is 0.152 e. The van der Waals surface area contributed by atoms with E-state index in [4.69, 9.17) is 10.5 Å². The van der Waals surface area contributed by atoms with Crippen molar-refractivity contribution in [1.29, 1.82) is 0 Å². The van der Waals surface area contributed by atoms with Gasteiger partial charge in [0.1, 0.15) is 11.2 Å². The SMILES string of the molecule is CC(N)COc1cccnc1Br. The Morgan fingerprint density at radius 3 is 3.08 bits per heavy atom. The highest BCUT2D eigenvalue weighted by molar-refractivity contribution is 9.10. The van der Waals surface area contributed by atoms with Crippen LogP contribution in [0.2, 0.25) is 0 Å². The summed E-state index contributed by atoms with van der Waals surface area (Å²) in [7, 11) is 0. The molecule has 66 valence electrons. The van der Waals surface area contributed by atoms with Gasteiger partial charge < -0.3 is 10.5 Å². The van der Waals surface area contributed by atoms with E-state index >= 15 is 0 Å². The van der Waals surface area contributed by atoms with Crippen LogP contribution in [0.25, 0.3) is 0 Å². The molecule has 0 radical (unpaired) electrons. The van der Waals surface area contributed by atoms with Gasteiger partial charge in [-0.2, -0.15) is 0 Å². The molecule has 0 fully saturated rings. The van der Waals surface area contributed by atoms with Crippen LogP contribution in [0.4, 0.5) is 0 Å². The van der Waals surface area contributed by atoms with Gasteiger partial charge in [0, 0.05) is 12.2 Å². The van der Waals surface area contributed by atoms with Gasteiger partial charge >= 0.3 is 0 Å². The van der Waals surface area contributed by atoms with Crippen LogP contribution < -0.4 is 10.5 Å². The highest BCUT2D eigenvalue weighted by Crippen LogP contribution is 2.20. The number of nitrogens with zero attached hydrogens (tertiary/aromatic N) is 1. The second-order valence-corrected chi connectivity index (χ2v) is 3.33. The lowest BCUT2D eigenvalue weighted by atomic mass is 10.4. The molecule has 0 saturated carbocycles. The number of ether oxygens (including phenoxy) is 1. The molecule has 4 heteroatoms. The highest BCUT2D eigenvalue weighted by atomic mass is 79.9. The molecular formula is C8H11BrN2O. The van der Waals surface area contributed by atoms with Crippen LogP contribution >= 0.6 is 15.9 Å². The number of nitrogens with two attached hydrogens (primary N) is 1. The molecular weight excluding hydrogens is 220 g/mol. The third-order valence-corrected chi connectivity index (χ3v) is 1.82. The number of pyridine rings is 1. The number of rotatable bonds is 3. The van der Waals surface area contributed by atoms with Crippen molar-refractivity contribution < 1.29 is 4.74 Å². The first-order chi connectivity index (χ1) is 5.70. The maximum Gasteiger partial charge on any atom is 0.152 e. The van der Waals surface area contributed by atoms with E-state index < -0.39 is 0 Å². The van der Waals surface area contributed by atoms with E-state index in [1.807, 2.05) is 19.1 Å². The molecule has 0 aliphatic heterocycles. The minimum atomic E-state index is 0.0390. The van der Waals surface area contributed by atoms with E-state index in [9.17, 15) is 0 Å². The molecule has 0 aliphatic carbocycles. The molecule has 0 bridgehead atoms. The van der Waals surface area contributed by atoms with E-state index in [0.717, 1.165) is 5.75 Å². The Kier molecular flexibility index (Phi) is 3.49. The molecule has 1 aromatic heterocycles. The van der Waals surface area contributed by atoms with Gasteiger partial charge in [0.25, 0.3) is 0 Å². The quantitative estimate of drug-likeness (QED) is 0.803. The third-order valence-electron chi connectivity index (χ3n) is 1.23. The van der Waals surface area contributed by atoms with Gasteiger partial charge in [-0.1, -0.05) is 0 Å². The normalized spacial score (nSPS) is 12.6. The van der Waals surface area contributed by atoms with Crippen LogP contribution in [-0.2, 0) is 0 Å². The molecule has 0 amide bonds. The topological polar surface area (TPSA) is 48.1 Å². The van der Waals surface area contributed by atoms with Crippen LogP contribution in [0, 0.1) is 0 Å². The predicted molar refractivity (Wildman–Crippen MR) is 51.1 cm³/mol. The van der Waals surface area contributed by atoms with E-state index in [-0.39, 0.29) is 6.04 Å². The lowest BCUT2D eigenvalue weighted by Crippen LogP contribution is -2.23. The summed E-state index contributed by atoms with van der Waals surface area (Å²) in [5.74, 6) is 0.731. The van der Waals surface area contributed by atoms with Crippen molar-refractivity contribution >= 4 is 15.9 Å². The molecule has 0 aromatic carbocycles. The average molecular weight is 231 g/mol. The average Bonchev–Trinajstić information content (AvgIpc) is 2.03. The van der Waals surface area contributed by atoms with Crippen molar-refractivity contribution in [1.82, 2.24) is 4.98 Å². The first-order valence-electron chi connectivity index (χ1n) is 3.69. The zero-order valence-electron chi connectivity index (χ0n) is 6.83. The molecule has 2 N–H and O–H groups in total. The Bertz CT molecular complexity index is 253. The molecule has 1 aromatic rings. The van der Waals surface area contributed by atoms with Gasteiger partial charge in [-0.15, -0.1) is 0 Å². The van der Waals surface area contributed by atoms with Gasteiger partial charge in [-0.05, 0) is 35.0 Å². The van der Waals surface area contributed by atoms with Crippen LogP contribution in [0.1, 0.15) is 6.92 Å². The fraction of sp³-hybridized carbons (Fsp3) is 0.375. The standard InChI is InChI=1S/C8H11BrN2O/c1-6(10)5-12-7-3-2-4-11-8(7)9/h2-4,6H,5,10H2,1H3. The van der Waals surface area contributed by atoms with Gasteiger partial charge in [0.05, 0.1) is 0 Å². The molecule has 0 aliphatic rings. The largest absolute Gasteiger partial charge is 0.489 e. The fourth-order valence-corrected chi connectivity index (χ4v) is 1.07. The minimum absolute atomic E-state index is 0.0390. The van der Waals surface area contributed by atoms with Crippen molar-refractivity contribution in [2.75, 3.05) is 6.61 Å². The molecule has 0 spiro atoms. The number of hydrogen-bond acceptors (Lipinski definition) is 3. The van der Waals surface area contributed by atoms with E-state index in [0.29, 0.717) is 11.2 Å². The first-order valence-corrected chi connectivity index (χ1v) is 4.48. The summed E-state index contributed by atoms with van der Waals surface area (Å²) in [5, 5.41) is 0. The van der Waals surface area contributed by atoms with Gasteiger partial charge in [-0.25, -0.2) is 4.98 Å². The summed E-state index contributed by atoms with van der Waals surface area (Å²) in [5.41, 5.74) is 5.53. The highest BCUT2D eigenvalue weighted by Gasteiger charge is 2.01. The summed E-state index contributed by atoms with van der Waals surface area (Å²) in [6.45, 7) is 2.40. The Balaban J connectivity index is 2.57. The zero-order valence-corrected chi connectivity index (χ0v) is 8.41. The van der Waals surface area contributed by atoms with E-state index in [2.05, 4.69) is 20.9 Å². The summed E-state index contributed by atoms with van der Waals surface area (Å²) >= 11 is 3.27. The van der Waals surface area contributed by atoms with Crippen LogP contribution in [0.5, 0.6) is 5.75 Å². The van der Waals surface area contributed by atoms with Crippen molar-refractivity contribution in [2.24, 2.45) is 5.73 Å². The van der Waals surface area contributed by atoms with Crippen LogP contribution in [0.3, 0.4) is 0 Å². The Morgan fingerprint density at radius 2 is 2.50 bits per heavy atom. The summed E-state index contributed by atoms with van der Waals surface area (Å²) in [4.78, 5) is 4.01. The van der Waals surface area contributed by atoms with E-state index in [1.54, 1.807) is 6.20 Å². The summed E-state index contributed by atoms with van der Waals surface area (Å²) in [6.07, 6.45) is 1.70. The Labute approximate surface area is 80.1 Å². The van der Waals surface area contributed by atoms with Crippen molar-refractivity contribution in [3.63, 3.8) is 0 Å². The molecule has 1 atom stereocenters. The first kappa shape index (κ1) is 9.48. The van der Waals surface area contributed by atoms with Crippen LogP contribution in [0.15, 0.2) is 22.9 Å². The maximum atomic E-state index is 5.53. The van der Waals surface area contributed by atoms with Crippen molar-refractivity contribution in [2.45, 2.75) is 13.0 Å². The lowest BCUT2D eigenvalue weighted by Gasteiger charge is -2.08. The maximum absolute atomic E-state index is 5.53. The summed E-state index contributed by atoms with van der Waals surface area (Å²) < 4.78 is 6.08. The number of halogens is 1. The van der Waals surface area contributed by atoms with Crippen molar-refractivity contribution in [3.8, 4) is 5.75 Å². The van der Waals surface area contributed by atoms with Crippen LogP contribution in [-0.4, -0.2) is 17.6 Å².